The maximum absolute atomic E-state index is 2.25. The predicted octanol–water partition coefficient (Wildman–Crippen LogP) is 5.17. The summed E-state index contributed by atoms with van der Waals surface area (Å²) in [6.45, 7) is 8.37. The van der Waals surface area contributed by atoms with Crippen LogP contribution in [0.4, 0.5) is 0 Å². The first-order chi connectivity index (χ1) is 8.27. The first-order valence-electron chi connectivity index (χ1n) is 6.39. The zero-order valence-corrected chi connectivity index (χ0v) is 11.3. The van der Waals surface area contributed by atoms with Gasteiger partial charge in [-0.3, -0.25) is 0 Å². The van der Waals surface area contributed by atoms with Crippen LogP contribution in [0.15, 0.2) is 54.6 Å². The molecule has 2 rings (SSSR count). The molecule has 0 aromatic heterocycles. The number of aryl methyl sites for hydroxylation is 1. The van der Waals surface area contributed by atoms with Crippen molar-refractivity contribution in [3.63, 3.8) is 0 Å². The molecule has 0 aliphatic rings. The summed E-state index contributed by atoms with van der Waals surface area (Å²) in [7, 11) is 0. The van der Waals surface area contributed by atoms with E-state index in [1.54, 1.807) is 0 Å². The molecular weight excluding hydrogens is 204 g/mol. The normalized spacial score (nSPS) is 11.3. The second-order valence-corrected chi connectivity index (χ2v) is 4.04. The van der Waals surface area contributed by atoms with Gasteiger partial charge < -0.3 is 0 Å². The maximum atomic E-state index is 2.25. The summed E-state index contributed by atoms with van der Waals surface area (Å²) in [5.41, 5.74) is 4.08. The SMILES string of the molecule is CC.Cc1ccc(C(C)c2ccccc2)cc1. The van der Waals surface area contributed by atoms with Crippen molar-refractivity contribution < 1.29 is 0 Å². The molecule has 0 fully saturated rings. The maximum Gasteiger partial charge on any atom is 0.00610 e. The largest absolute Gasteiger partial charge is 0.0683 e. The highest BCUT2D eigenvalue weighted by molar-refractivity contribution is 5.32. The molecule has 0 saturated heterocycles. The van der Waals surface area contributed by atoms with Gasteiger partial charge in [0.25, 0.3) is 0 Å². The molecule has 90 valence electrons. The lowest BCUT2D eigenvalue weighted by atomic mass is 9.93. The lowest BCUT2D eigenvalue weighted by Gasteiger charge is -2.12. The Morgan fingerprint density at radius 3 is 1.71 bits per heavy atom. The monoisotopic (exact) mass is 226 g/mol. The second kappa shape index (κ2) is 6.90. The summed E-state index contributed by atoms with van der Waals surface area (Å²) in [4.78, 5) is 0. The number of hydrogen-bond donors (Lipinski definition) is 0. The standard InChI is InChI=1S/C15H16.C2H6/c1-12-8-10-15(11-9-12)13(2)14-6-4-3-5-7-14;1-2/h3-11,13H,1-2H3;1-2H3. The van der Waals surface area contributed by atoms with Crippen molar-refractivity contribution in [1.82, 2.24) is 0 Å². The van der Waals surface area contributed by atoms with Crippen molar-refractivity contribution in [2.45, 2.75) is 33.6 Å². The predicted molar refractivity (Wildman–Crippen MR) is 76.5 cm³/mol. The van der Waals surface area contributed by atoms with Crippen LogP contribution in [0, 0.1) is 6.92 Å². The average Bonchev–Trinajstić information content (AvgIpc) is 2.42. The first-order valence-corrected chi connectivity index (χ1v) is 6.39. The van der Waals surface area contributed by atoms with Crippen LogP contribution in [-0.2, 0) is 0 Å². The molecule has 0 radical (unpaired) electrons. The van der Waals surface area contributed by atoms with Crippen LogP contribution >= 0.6 is 0 Å². The van der Waals surface area contributed by atoms with Gasteiger partial charge in [0.15, 0.2) is 0 Å². The van der Waals surface area contributed by atoms with Gasteiger partial charge in [0.05, 0.1) is 0 Å². The Labute approximate surface area is 105 Å². The van der Waals surface area contributed by atoms with Crippen LogP contribution in [0.2, 0.25) is 0 Å². The molecule has 17 heavy (non-hydrogen) atoms. The molecule has 0 heterocycles. The van der Waals surface area contributed by atoms with Crippen LogP contribution in [0.25, 0.3) is 0 Å². The number of rotatable bonds is 2. The van der Waals surface area contributed by atoms with E-state index in [1.807, 2.05) is 13.8 Å². The fourth-order valence-corrected chi connectivity index (χ4v) is 1.79. The quantitative estimate of drug-likeness (QED) is 0.662. The third-order valence-corrected chi connectivity index (χ3v) is 2.88. The molecule has 0 nitrogen and oxygen atoms in total. The Kier molecular flexibility index (Phi) is 5.48. The third kappa shape index (κ3) is 3.74. The fraction of sp³-hybridized carbons (Fsp3) is 0.294. The first kappa shape index (κ1) is 13.5. The van der Waals surface area contributed by atoms with Crippen LogP contribution < -0.4 is 0 Å². The molecule has 0 N–H and O–H groups in total. The van der Waals surface area contributed by atoms with Gasteiger partial charge >= 0.3 is 0 Å². The van der Waals surface area contributed by atoms with Crippen molar-refractivity contribution >= 4 is 0 Å². The topological polar surface area (TPSA) is 0 Å². The Bertz CT molecular complexity index is 412. The van der Waals surface area contributed by atoms with Gasteiger partial charge in [0.2, 0.25) is 0 Å². The highest BCUT2D eigenvalue weighted by Crippen LogP contribution is 2.23. The average molecular weight is 226 g/mol. The minimum absolute atomic E-state index is 0.479. The van der Waals surface area contributed by atoms with E-state index in [4.69, 9.17) is 0 Å². The van der Waals surface area contributed by atoms with E-state index >= 15 is 0 Å². The molecule has 1 atom stereocenters. The van der Waals surface area contributed by atoms with Crippen molar-refractivity contribution in [1.29, 1.82) is 0 Å². The minimum atomic E-state index is 0.479. The Hall–Kier alpha value is -1.56. The summed E-state index contributed by atoms with van der Waals surface area (Å²) in [6.07, 6.45) is 0. The molecule has 2 aromatic carbocycles. The lowest BCUT2D eigenvalue weighted by Crippen LogP contribution is -1.95. The zero-order valence-electron chi connectivity index (χ0n) is 11.3. The number of hydrogen-bond acceptors (Lipinski definition) is 0. The zero-order chi connectivity index (χ0) is 12.7. The molecule has 0 spiro atoms. The van der Waals surface area contributed by atoms with E-state index in [0.29, 0.717) is 5.92 Å². The van der Waals surface area contributed by atoms with Gasteiger partial charge in [-0.1, -0.05) is 80.9 Å². The highest BCUT2D eigenvalue weighted by atomic mass is 14.1. The van der Waals surface area contributed by atoms with Crippen molar-refractivity contribution in [3.05, 3.63) is 71.3 Å². The van der Waals surface area contributed by atoms with E-state index < -0.39 is 0 Å². The van der Waals surface area contributed by atoms with Crippen LogP contribution in [-0.4, -0.2) is 0 Å². The molecule has 2 aromatic rings. The van der Waals surface area contributed by atoms with E-state index in [0.717, 1.165) is 0 Å². The molecule has 0 aliphatic heterocycles. The second-order valence-electron chi connectivity index (χ2n) is 4.04. The van der Waals surface area contributed by atoms with Crippen LogP contribution in [0.5, 0.6) is 0 Å². The molecule has 0 saturated carbocycles. The van der Waals surface area contributed by atoms with E-state index in [1.165, 1.54) is 16.7 Å². The van der Waals surface area contributed by atoms with Gasteiger partial charge in [0.1, 0.15) is 0 Å². The molecule has 0 amide bonds. The van der Waals surface area contributed by atoms with Crippen LogP contribution in [0.1, 0.15) is 43.4 Å². The van der Waals surface area contributed by atoms with Gasteiger partial charge in [-0.15, -0.1) is 0 Å². The highest BCUT2D eigenvalue weighted by Gasteiger charge is 2.06. The lowest BCUT2D eigenvalue weighted by molar-refractivity contribution is 0.921. The molecule has 1 unspecified atom stereocenters. The van der Waals surface area contributed by atoms with Gasteiger partial charge in [-0.05, 0) is 18.1 Å². The fourth-order valence-electron chi connectivity index (χ4n) is 1.79. The minimum Gasteiger partial charge on any atom is -0.0683 e. The Morgan fingerprint density at radius 1 is 0.706 bits per heavy atom. The van der Waals surface area contributed by atoms with E-state index in [2.05, 4.69) is 68.4 Å². The molecule has 0 heteroatoms. The molecule has 0 aliphatic carbocycles. The van der Waals surface area contributed by atoms with Crippen LogP contribution in [0.3, 0.4) is 0 Å². The van der Waals surface area contributed by atoms with Gasteiger partial charge in [-0.25, -0.2) is 0 Å². The summed E-state index contributed by atoms with van der Waals surface area (Å²) in [5, 5.41) is 0. The summed E-state index contributed by atoms with van der Waals surface area (Å²) < 4.78 is 0. The van der Waals surface area contributed by atoms with Crippen molar-refractivity contribution in [3.8, 4) is 0 Å². The Morgan fingerprint density at radius 2 is 1.18 bits per heavy atom. The van der Waals surface area contributed by atoms with Crippen molar-refractivity contribution in [2.24, 2.45) is 0 Å². The van der Waals surface area contributed by atoms with Gasteiger partial charge in [-0.2, -0.15) is 0 Å². The smallest absolute Gasteiger partial charge is 0.00610 e. The summed E-state index contributed by atoms with van der Waals surface area (Å²) in [5.74, 6) is 0.479. The molecular formula is C17H22. The van der Waals surface area contributed by atoms with E-state index in [-0.39, 0.29) is 0 Å². The third-order valence-electron chi connectivity index (χ3n) is 2.88. The number of benzene rings is 2. The van der Waals surface area contributed by atoms with Gasteiger partial charge in [0, 0.05) is 5.92 Å². The summed E-state index contributed by atoms with van der Waals surface area (Å²) in [6, 6.07) is 19.4. The van der Waals surface area contributed by atoms with Crippen molar-refractivity contribution in [2.75, 3.05) is 0 Å². The Balaban J connectivity index is 0.000000686. The summed E-state index contributed by atoms with van der Waals surface area (Å²) >= 11 is 0. The van der Waals surface area contributed by atoms with E-state index in [9.17, 15) is 0 Å². The molecule has 0 bridgehead atoms.